The second kappa shape index (κ2) is 7.71. The lowest BCUT2D eigenvalue weighted by Gasteiger charge is -2.32. The van der Waals surface area contributed by atoms with Crippen LogP contribution in [-0.2, 0) is 16.1 Å². The molecule has 2 aromatic carbocycles. The lowest BCUT2D eigenvalue weighted by atomic mass is 10.00. The largest absolute Gasteiger partial charge is 0.497 e. The number of hydrogen-bond acceptors (Lipinski definition) is 4. The van der Waals surface area contributed by atoms with E-state index in [0.717, 1.165) is 11.3 Å². The predicted molar refractivity (Wildman–Crippen MR) is 97.0 cm³/mol. The molecule has 1 aliphatic rings. The smallest absolute Gasteiger partial charge is 0.339 e. The highest BCUT2D eigenvalue weighted by Crippen LogP contribution is 2.29. The van der Waals surface area contributed by atoms with Crippen molar-refractivity contribution in [3.05, 3.63) is 89.6 Å². The Bertz CT molecular complexity index is 779. The van der Waals surface area contributed by atoms with E-state index in [9.17, 15) is 4.79 Å². The minimum Gasteiger partial charge on any atom is -0.497 e. The highest BCUT2D eigenvalue weighted by atomic mass is 16.5. The van der Waals surface area contributed by atoms with E-state index in [4.69, 9.17) is 9.47 Å². The van der Waals surface area contributed by atoms with Crippen molar-refractivity contribution in [2.24, 2.45) is 0 Å². The summed E-state index contributed by atoms with van der Waals surface area (Å²) in [6.45, 7) is 0.675. The molecule has 1 unspecified atom stereocenters. The van der Waals surface area contributed by atoms with Gasteiger partial charge in [-0.05, 0) is 29.3 Å². The fraction of sp³-hybridized carbons (Fsp3) is 0.190. The Morgan fingerprint density at radius 2 is 1.76 bits per heavy atom. The van der Waals surface area contributed by atoms with Gasteiger partial charge in [0.1, 0.15) is 5.75 Å². The average molecular weight is 335 g/mol. The van der Waals surface area contributed by atoms with Gasteiger partial charge in [-0.1, -0.05) is 48.5 Å². The van der Waals surface area contributed by atoms with Gasteiger partial charge >= 0.3 is 5.97 Å². The SMILES string of the molecule is COC(=O)C1=CN(Cc2ccc(OC)cc2)C(c2ccccc2)C=C1. The van der Waals surface area contributed by atoms with Crippen LogP contribution in [0.2, 0.25) is 0 Å². The summed E-state index contributed by atoms with van der Waals surface area (Å²) < 4.78 is 10.1. The predicted octanol–water partition coefficient (Wildman–Crippen LogP) is 3.87. The van der Waals surface area contributed by atoms with E-state index in [-0.39, 0.29) is 12.0 Å². The molecular formula is C21H21NO3. The zero-order valence-electron chi connectivity index (χ0n) is 14.4. The monoisotopic (exact) mass is 335 g/mol. The third kappa shape index (κ3) is 3.91. The van der Waals surface area contributed by atoms with Crippen molar-refractivity contribution < 1.29 is 14.3 Å². The number of carbonyl (C=O) groups is 1. The molecule has 0 fully saturated rings. The Balaban J connectivity index is 1.89. The van der Waals surface area contributed by atoms with Crippen LogP contribution in [0.1, 0.15) is 17.2 Å². The average Bonchev–Trinajstić information content (AvgIpc) is 2.68. The molecule has 1 atom stereocenters. The van der Waals surface area contributed by atoms with Gasteiger partial charge in [0.2, 0.25) is 0 Å². The standard InChI is InChI=1S/C21H21NO3/c1-24-19-11-8-16(9-12-19)14-22-15-18(21(23)25-2)10-13-20(22)17-6-4-3-5-7-17/h3-13,15,20H,14H2,1-2H3. The van der Waals surface area contributed by atoms with Crippen molar-refractivity contribution >= 4 is 5.97 Å². The number of methoxy groups -OCH3 is 2. The number of ether oxygens (including phenoxy) is 2. The van der Waals surface area contributed by atoms with E-state index in [0.29, 0.717) is 12.1 Å². The Morgan fingerprint density at radius 3 is 2.40 bits per heavy atom. The van der Waals surface area contributed by atoms with Crippen LogP contribution in [-0.4, -0.2) is 25.1 Å². The molecule has 4 heteroatoms. The molecule has 1 aliphatic heterocycles. The number of esters is 1. The fourth-order valence-corrected chi connectivity index (χ4v) is 2.88. The van der Waals surface area contributed by atoms with Crippen molar-refractivity contribution in [3.8, 4) is 5.75 Å². The highest BCUT2D eigenvalue weighted by Gasteiger charge is 2.22. The van der Waals surface area contributed by atoms with Crippen LogP contribution >= 0.6 is 0 Å². The van der Waals surface area contributed by atoms with E-state index in [2.05, 4.69) is 17.0 Å². The molecule has 0 aromatic heterocycles. The molecule has 0 spiro atoms. The van der Waals surface area contributed by atoms with E-state index >= 15 is 0 Å². The zero-order valence-corrected chi connectivity index (χ0v) is 14.4. The third-order valence-electron chi connectivity index (χ3n) is 4.21. The Labute approximate surface area is 148 Å². The molecule has 1 heterocycles. The van der Waals surface area contributed by atoms with E-state index in [1.807, 2.05) is 60.8 Å². The van der Waals surface area contributed by atoms with E-state index < -0.39 is 0 Å². The molecule has 4 nitrogen and oxygen atoms in total. The fourth-order valence-electron chi connectivity index (χ4n) is 2.88. The van der Waals surface area contributed by atoms with Crippen LogP contribution in [0.4, 0.5) is 0 Å². The van der Waals surface area contributed by atoms with Crippen LogP contribution < -0.4 is 4.74 Å². The molecule has 0 saturated carbocycles. The van der Waals surface area contributed by atoms with E-state index in [1.54, 1.807) is 7.11 Å². The lowest BCUT2D eigenvalue weighted by molar-refractivity contribution is -0.135. The Hall–Kier alpha value is -3.01. The molecule has 0 N–H and O–H groups in total. The summed E-state index contributed by atoms with van der Waals surface area (Å²) in [6, 6.07) is 18.2. The third-order valence-corrected chi connectivity index (χ3v) is 4.21. The Kier molecular flexibility index (Phi) is 5.19. The minimum absolute atomic E-state index is 0.0664. The lowest BCUT2D eigenvalue weighted by Crippen LogP contribution is -2.26. The number of hydrogen-bond donors (Lipinski definition) is 0. The maximum absolute atomic E-state index is 11.9. The van der Waals surface area contributed by atoms with Gasteiger partial charge in [0.25, 0.3) is 0 Å². The number of rotatable bonds is 5. The first-order valence-corrected chi connectivity index (χ1v) is 8.13. The van der Waals surface area contributed by atoms with Crippen LogP contribution in [0, 0.1) is 0 Å². The summed E-state index contributed by atoms with van der Waals surface area (Å²) in [6.07, 6.45) is 5.73. The van der Waals surface area contributed by atoms with Crippen molar-refractivity contribution in [2.75, 3.05) is 14.2 Å². The van der Waals surface area contributed by atoms with E-state index in [1.165, 1.54) is 12.7 Å². The summed E-state index contributed by atoms with van der Waals surface area (Å²) >= 11 is 0. The number of nitrogens with zero attached hydrogens (tertiary/aromatic N) is 1. The number of benzene rings is 2. The molecule has 0 saturated heterocycles. The van der Waals surface area contributed by atoms with Gasteiger partial charge < -0.3 is 14.4 Å². The molecule has 128 valence electrons. The normalized spacial score (nSPS) is 16.3. The molecule has 0 amide bonds. The molecule has 0 radical (unpaired) electrons. The molecular weight excluding hydrogens is 314 g/mol. The van der Waals surface area contributed by atoms with Crippen molar-refractivity contribution in [2.45, 2.75) is 12.6 Å². The summed E-state index contributed by atoms with van der Waals surface area (Å²) in [5.41, 5.74) is 2.85. The van der Waals surface area contributed by atoms with Gasteiger partial charge in [0.05, 0.1) is 25.8 Å². The van der Waals surface area contributed by atoms with Crippen molar-refractivity contribution in [3.63, 3.8) is 0 Å². The first kappa shape index (κ1) is 16.8. The van der Waals surface area contributed by atoms with Crippen LogP contribution in [0.5, 0.6) is 5.75 Å². The van der Waals surface area contributed by atoms with Gasteiger partial charge in [-0.15, -0.1) is 0 Å². The first-order valence-electron chi connectivity index (χ1n) is 8.13. The van der Waals surface area contributed by atoms with Gasteiger partial charge in [-0.25, -0.2) is 4.79 Å². The molecule has 2 aromatic rings. The summed E-state index contributed by atoms with van der Waals surface area (Å²) in [5, 5.41) is 0. The molecule has 25 heavy (non-hydrogen) atoms. The highest BCUT2D eigenvalue weighted by molar-refractivity contribution is 5.91. The quantitative estimate of drug-likeness (QED) is 0.778. The topological polar surface area (TPSA) is 38.8 Å². The maximum Gasteiger partial charge on any atom is 0.339 e. The summed E-state index contributed by atoms with van der Waals surface area (Å²) in [5.74, 6) is 0.496. The van der Waals surface area contributed by atoms with Gasteiger partial charge in [-0.2, -0.15) is 0 Å². The van der Waals surface area contributed by atoms with Crippen molar-refractivity contribution in [1.82, 2.24) is 4.90 Å². The molecule has 0 bridgehead atoms. The summed E-state index contributed by atoms with van der Waals surface area (Å²) in [4.78, 5) is 14.0. The van der Waals surface area contributed by atoms with Crippen molar-refractivity contribution in [1.29, 1.82) is 0 Å². The maximum atomic E-state index is 11.9. The summed E-state index contributed by atoms with van der Waals surface area (Å²) in [7, 11) is 3.05. The van der Waals surface area contributed by atoms with Crippen LogP contribution in [0.15, 0.2) is 78.5 Å². The van der Waals surface area contributed by atoms with Gasteiger partial charge in [0, 0.05) is 12.7 Å². The second-order valence-electron chi connectivity index (χ2n) is 5.81. The zero-order chi connectivity index (χ0) is 17.6. The molecule has 3 rings (SSSR count). The van der Waals surface area contributed by atoms with Gasteiger partial charge in [-0.3, -0.25) is 0 Å². The minimum atomic E-state index is -0.331. The second-order valence-corrected chi connectivity index (χ2v) is 5.81. The Morgan fingerprint density at radius 1 is 1.04 bits per heavy atom. The van der Waals surface area contributed by atoms with Crippen LogP contribution in [0.25, 0.3) is 0 Å². The van der Waals surface area contributed by atoms with Crippen LogP contribution in [0.3, 0.4) is 0 Å². The first-order chi connectivity index (χ1) is 12.2. The number of carbonyl (C=O) groups excluding carboxylic acids is 1. The van der Waals surface area contributed by atoms with Gasteiger partial charge in [0.15, 0.2) is 0 Å². The molecule has 0 aliphatic carbocycles.